The first-order valence-corrected chi connectivity index (χ1v) is 8.71. The number of nitrogens with zero attached hydrogens (tertiary/aromatic N) is 2. The summed E-state index contributed by atoms with van der Waals surface area (Å²) in [6.07, 6.45) is 0. The second-order valence-corrected chi connectivity index (χ2v) is 6.05. The largest absolute Gasteiger partial charge is 0.490 e. The van der Waals surface area contributed by atoms with Crippen molar-refractivity contribution < 1.29 is 18.8 Å². The first-order chi connectivity index (χ1) is 12.6. The Morgan fingerprint density at radius 3 is 2.77 bits per heavy atom. The zero-order valence-corrected chi connectivity index (χ0v) is 15.1. The van der Waals surface area contributed by atoms with Gasteiger partial charge in [-0.05, 0) is 43.7 Å². The van der Waals surface area contributed by atoms with Gasteiger partial charge in [0.2, 0.25) is 0 Å². The van der Waals surface area contributed by atoms with E-state index in [2.05, 4.69) is 0 Å². The molecule has 3 aromatic rings. The highest BCUT2D eigenvalue weighted by Gasteiger charge is 2.22. The lowest BCUT2D eigenvalue weighted by Crippen LogP contribution is -2.41. The second kappa shape index (κ2) is 7.91. The number of hydrogen-bond acceptors (Lipinski definition) is 4. The molecule has 3 rings (SSSR count). The summed E-state index contributed by atoms with van der Waals surface area (Å²) in [7, 11) is 0. The number of nitrogen functional groups attached to an aromatic ring is 1. The lowest BCUT2D eigenvalue weighted by atomic mass is 10.2. The van der Waals surface area contributed by atoms with Crippen LogP contribution in [0.2, 0.25) is 0 Å². The summed E-state index contributed by atoms with van der Waals surface area (Å²) in [6, 6.07) is 15.7. The SMILES string of the molecule is CCOC(=O)C[n+]1c(N)n(CCOc2cccc(C)c2)c2ccccc21. The highest BCUT2D eigenvalue weighted by Crippen LogP contribution is 2.17. The summed E-state index contributed by atoms with van der Waals surface area (Å²) in [4.78, 5) is 11.9. The molecule has 0 saturated carbocycles. The van der Waals surface area contributed by atoms with Crippen LogP contribution in [0.4, 0.5) is 5.95 Å². The van der Waals surface area contributed by atoms with Gasteiger partial charge in [-0.15, -0.1) is 0 Å². The van der Waals surface area contributed by atoms with E-state index in [1.807, 2.05) is 60.0 Å². The van der Waals surface area contributed by atoms with Crippen molar-refractivity contribution in [3.63, 3.8) is 0 Å². The predicted octanol–water partition coefficient (Wildman–Crippen LogP) is 2.46. The molecule has 0 spiro atoms. The zero-order chi connectivity index (χ0) is 18.5. The molecule has 0 radical (unpaired) electrons. The number of benzene rings is 2. The number of carbonyl (C=O) groups excluding carboxylic acids is 1. The molecule has 0 fully saturated rings. The van der Waals surface area contributed by atoms with Crippen molar-refractivity contribution in [2.24, 2.45) is 0 Å². The third-order valence-electron chi connectivity index (χ3n) is 4.18. The Kier molecular flexibility index (Phi) is 5.41. The predicted molar refractivity (Wildman–Crippen MR) is 99.9 cm³/mol. The topological polar surface area (TPSA) is 70.4 Å². The number of aryl methyl sites for hydroxylation is 1. The van der Waals surface area contributed by atoms with Gasteiger partial charge in [0.05, 0.1) is 6.61 Å². The highest BCUT2D eigenvalue weighted by atomic mass is 16.5. The number of nitrogens with two attached hydrogens (primary N) is 1. The molecule has 26 heavy (non-hydrogen) atoms. The van der Waals surface area contributed by atoms with Crippen LogP contribution in [0, 0.1) is 6.92 Å². The van der Waals surface area contributed by atoms with Crippen LogP contribution in [-0.4, -0.2) is 23.8 Å². The van der Waals surface area contributed by atoms with E-state index in [1.165, 1.54) is 0 Å². The number of carbonyl (C=O) groups is 1. The Balaban J connectivity index is 1.81. The van der Waals surface area contributed by atoms with E-state index >= 15 is 0 Å². The normalized spacial score (nSPS) is 10.8. The van der Waals surface area contributed by atoms with E-state index in [0.717, 1.165) is 22.3 Å². The van der Waals surface area contributed by atoms with Gasteiger partial charge < -0.3 is 9.47 Å². The quantitative estimate of drug-likeness (QED) is 0.523. The fourth-order valence-electron chi connectivity index (χ4n) is 3.01. The molecule has 2 aromatic carbocycles. The van der Waals surface area contributed by atoms with Crippen molar-refractivity contribution >= 4 is 23.0 Å². The van der Waals surface area contributed by atoms with Crippen molar-refractivity contribution in [2.45, 2.75) is 26.9 Å². The average Bonchev–Trinajstić information content (AvgIpc) is 2.88. The number of esters is 1. The van der Waals surface area contributed by atoms with Crippen LogP contribution in [0.3, 0.4) is 0 Å². The van der Waals surface area contributed by atoms with Gasteiger partial charge in [0.25, 0.3) is 0 Å². The molecule has 1 heterocycles. The number of ether oxygens (including phenoxy) is 2. The van der Waals surface area contributed by atoms with Crippen molar-refractivity contribution in [2.75, 3.05) is 18.9 Å². The molecule has 136 valence electrons. The minimum absolute atomic E-state index is 0.0892. The van der Waals surface area contributed by atoms with E-state index in [0.29, 0.717) is 25.7 Å². The van der Waals surface area contributed by atoms with Gasteiger partial charge >= 0.3 is 11.9 Å². The van der Waals surface area contributed by atoms with Crippen molar-refractivity contribution in [3.05, 3.63) is 54.1 Å². The number of rotatable bonds is 7. The minimum atomic E-state index is -0.303. The number of anilines is 1. The van der Waals surface area contributed by atoms with Crippen LogP contribution >= 0.6 is 0 Å². The monoisotopic (exact) mass is 354 g/mol. The number of hydrogen-bond donors (Lipinski definition) is 1. The Morgan fingerprint density at radius 2 is 2.00 bits per heavy atom. The number of aromatic nitrogens is 2. The first kappa shape index (κ1) is 17.8. The van der Waals surface area contributed by atoms with E-state index in [-0.39, 0.29) is 12.5 Å². The maximum Gasteiger partial charge on any atom is 0.356 e. The molecule has 6 heteroatoms. The molecule has 0 bridgehead atoms. The van der Waals surface area contributed by atoms with E-state index < -0.39 is 0 Å². The smallest absolute Gasteiger partial charge is 0.356 e. The maximum absolute atomic E-state index is 11.9. The van der Waals surface area contributed by atoms with E-state index in [1.54, 1.807) is 11.5 Å². The van der Waals surface area contributed by atoms with Gasteiger partial charge in [0.1, 0.15) is 29.9 Å². The van der Waals surface area contributed by atoms with Crippen LogP contribution in [0.15, 0.2) is 48.5 Å². The van der Waals surface area contributed by atoms with Crippen molar-refractivity contribution in [1.29, 1.82) is 0 Å². The van der Waals surface area contributed by atoms with Crippen LogP contribution in [-0.2, 0) is 22.6 Å². The van der Waals surface area contributed by atoms with Crippen LogP contribution < -0.4 is 15.0 Å². The molecule has 0 unspecified atom stereocenters. The lowest BCUT2D eigenvalue weighted by Gasteiger charge is -2.07. The summed E-state index contributed by atoms with van der Waals surface area (Å²) in [5.74, 6) is 1.04. The standard InChI is InChI=1S/C20H23N3O3/c1-3-25-19(24)14-23-18-10-5-4-9-17(18)22(20(23)21)11-12-26-16-8-6-7-15(2)13-16/h4-10,13,21H,3,11-12,14H2,1-2H3/p+1. The summed E-state index contributed by atoms with van der Waals surface area (Å²) < 4.78 is 14.6. The van der Waals surface area contributed by atoms with Crippen LogP contribution in [0.25, 0.3) is 11.0 Å². The third-order valence-corrected chi connectivity index (χ3v) is 4.18. The molecule has 6 nitrogen and oxygen atoms in total. The van der Waals surface area contributed by atoms with Gasteiger partial charge in [0.15, 0.2) is 6.54 Å². The average molecular weight is 354 g/mol. The first-order valence-electron chi connectivity index (χ1n) is 8.71. The summed E-state index contributed by atoms with van der Waals surface area (Å²) >= 11 is 0. The second-order valence-electron chi connectivity index (χ2n) is 6.05. The molecule has 0 aliphatic heterocycles. The Hall–Kier alpha value is -3.02. The van der Waals surface area contributed by atoms with Gasteiger partial charge in [-0.3, -0.25) is 5.73 Å². The Morgan fingerprint density at radius 1 is 1.19 bits per heavy atom. The Labute approximate surface area is 152 Å². The van der Waals surface area contributed by atoms with Gasteiger partial charge in [-0.1, -0.05) is 24.3 Å². The lowest BCUT2D eigenvalue weighted by molar-refractivity contribution is -0.646. The highest BCUT2D eigenvalue weighted by molar-refractivity contribution is 5.75. The number of para-hydroxylation sites is 2. The maximum atomic E-state index is 11.9. The Bertz CT molecular complexity index is 918. The molecule has 0 aliphatic carbocycles. The molecule has 0 atom stereocenters. The van der Waals surface area contributed by atoms with E-state index in [4.69, 9.17) is 15.2 Å². The third kappa shape index (κ3) is 3.79. The molecule has 0 saturated heterocycles. The molecule has 0 aliphatic rings. The molecule has 1 aromatic heterocycles. The zero-order valence-electron chi connectivity index (χ0n) is 15.1. The minimum Gasteiger partial charge on any atom is -0.490 e. The summed E-state index contributed by atoms with van der Waals surface area (Å²) in [5, 5.41) is 0. The van der Waals surface area contributed by atoms with Crippen LogP contribution in [0.1, 0.15) is 12.5 Å². The molecular formula is C20H24N3O3+. The summed E-state index contributed by atoms with van der Waals surface area (Å²) in [5.41, 5.74) is 9.34. The molecule has 0 amide bonds. The van der Waals surface area contributed by atoms with Gasteiger partial charge in [-0.25, -0.2) is 13.9 Å². The van der Waals surface area contributed by atoms with Crippen molar-refractivity contribution in [1.82, 2.24) is 4.57 Å². The molecule has 2 N–H and O–H groups in total. The fourth-order valence-corrected chi connectivity index (χ4v) is 3.01. The van der Waals surface area contributed by atoms with Gasteiger partial charge in [0, 0.05) is 0 Å². The fraction of sp³-hybridized carbons (Fsp3) is 0.300. The summed E-state index contributed by atoms with van der Waals surface area (Å²) in [6.45, 7) is 5.32. The van der Waals surface area contributed by atoms with Crippen LogP contribution in [0.5, 0.6) is 5.75 Å². The number of imidazole rings is 1. The molecular weight excluding hydrogens is 330 g/mol. The number of fused-ring (bicyclic) bond motifs is 1. The van der Waals surface area contributed by atoms with E-state index in [9.17, 15) is 4.79 Å². The van der Waals surface area contributed by atoms with Gasteiger partial charge in [-0.2, -0.15) is 0 Å². The van der Waals surface area contributed by atoms with Crippen molar-refractivity contribution in [3.8, 4) is 5.75 Å².